The molecule has 144 valence electrons. The molecule has 29 heavy (non-hydrogen) atoms. The number of hydrogen-bond acceptors (Lipinski definition) is 5. The van der Waals surface area contributed by atoms with Crippen LogP contribution in [-0.2, 0) is 6.54 Å². The van der Waals surface area contributed by atoms with Crippen molar-refractivity contribution in [3.05, 3.63) is 96.1 Å². The molecule has 0 aliphatic carbocycles. The maximum Gasteiger partial charge on any atom is 0.274 e. The number of furan rings is 1. The number of carbonyl (C=O) groups is 1. The van der Waals surface area contributed by atoms with Crippen molar-refractivity contribution in [2.45, 2.75) is 13.5 Å². The minimum absolute atomic E-state index is 0.280. The van der Waals surface area contributed by atoms with Crippen LogP contribution in [0.15, 0.2) is 83.5 Å². The number of hydrogen-bond donors (Lipinski definition) is 2. The second kappa shape index (κ2) is 8.39. The molecule has 4 rings (SSSR count). The second-order valence-corrected chi connectivity index (χ2v) is 6.58. The van der Waals surface area contributed by atoms with Crippen molar-refractivity contribution in [2.75, 3.05) is 10.6 Å². The Labute approximate surface area is 168 Å². The molecule has 0 saturated heterocycles. The van der Waals surface area contributed by atoms with Gasteiger partial charge in [0.05, 0.1) is 12.8 Å². The van der Waals surface area contributed by atoms with Crippen LogP contribution in [0.2, 0.25) is 0 Å². The average Bonchev–Trinajstić information content (AvgIpc) is 3.26. The molecule has 6 heteroatoms. The number of aromatic nitrogens is 2. The van der Waals surface area contributed by atoms with E-state index in [4.69, 9.17) is 4.42 Å². The van der Waals surface area contributed by atoms with E-state index in [2.05, 4.69) is 20.6 Å². The summed E-state index contributed by atoms with van der Waals surface area (Å²) in [5.41, 5.74) is 2.90. The molecule has 0 spiro atoms. The smallest absolute Gasteiger partial charge is 0.274 e. The SMILES string of the molecule is Cc1cccc(NC(=O)c2cc(NCc3ccco3)nc(-c3ccccc3)n2)c1. The van der Waals surface area contributed by atoms with E-state index in [9.17, 15) is 4.79 Å². The summed E-state index contributed by atoms with van der Waals surface area (Å²) in [6.07, 6.45) is 1.62. The van der Waals surface area contributed by atoms with E-state index in [0.717, 1.165) is 22.6 Å². The van der Waals surface area contributed by atoms with E-state index < -0.39 is 0 Å². The Kier molecular flexibility index (Phi) is 5.33. The highest BCUT2D eigenvalue weighted by Crippen LogP contribution is 2.19. The topological polar surface area (TPSA) is 80.0 Å². The van der Waals surface area contributed by atoms with Crippen molar-refractivity contribution in [2.24, 2.45) is 0 Å². The van der Waals surface area contributed by atoms with Crippen molar-refractivity contribution in [3.8, 4) is 11.4 Å². The Bertz CT molecular complexity index is 1110. The van der Waals surface area contributed by atoms with E-state index in [-0.39, 0.29) is 11.6 Å². The van der Waals surface area contributed by atoms with Crippen molar-refractivity contribution in [3.63, 3.8) is 0 Å². The molecule has 2 heterocycles. The maximum absolute atomic E-state index is 12.8. The molecule has 2 aromatic carbocycles. The lowest BCUT2D eigenvalue weighted by molar-refractivity contribution is 0.102. The van der Waals surface area contributed by atoms with Gasteiger partial charge < -0.3 is 15.1 Å². The molecule has 1 amide bonds. The number of carbonyl (C=O) groups excluding carboxylic acids is 1. The zero-order valence-corrected chi connectivity index (χ0v) is 15.9. The number of rotatable bonds is 6. The van der Waals surface area contributed by atoms with Crippen LogP contribution in [-0.4, -0.2) is 15.9 Å². The molecule has 0 fully saturated rings. The van der Waals surface area contributed by atoms with Gasteiger partial charge in [-0.2, -0.15) is 0 Å². The second-order valence-electron chi connectivity index (χ2n) is 6.58. The molecule has 0 saturated carbocycles. The fraction of sp³-hybridized carbons (Fsp3) is 0.0870. The van der Waals surface area contributed by atoms with Crippen LogP contribution in [0.3, 0.4) is 0 Å². The molecule has 0 aliphatic heterocycles. The van der Waals surface area contributed by atoms with Crippen molar-refractivity contribution in [1.29, 1.82) is 0 Å². The third kappa shape index (κ3) is 4.68. The first-order valence-corrected chi connectivity index (χ1v) is 9.26. The molecule has 0 bridgehead atoms. The Balaban J connectivity index is 1.64. The van der Waals surface area contributed by atoms with Crippen molar-refractivity contribution >= 4 is 17.4 Å². The van der Waals surface area contributed by atoms with E-state index in [1.165, 1.54) is 0 Å². The van der Waals surface area contributed by atoms with Crippen LogP contribution in [0.1, 0.15) is 21.8 Å². The molecular formula is C23H20N4O2. The van der Waals surface area contributed by atoms with E-state index in [0.29, 0.717) is 18.2 Å². The standard InChI is InChI=1S/C23H20N4O2/c1-16-7-5-10-18(13-16)25-23(28)20-14-21(24-15-19-11-6-12-29-19)27-22(26-20)17-8-3-2-4-9-17/h2-14H,15H2,1H3,(H,25,28)(H,24,26,27). The van der Waals surface area contributed by atoms with Crippen LogP contribution in [0, 0.1) is 6.92 Å². The van der Waals surface area contributed by atoms with Gasteiger partial charge in [-0.3, -0.25) is 4.79 Å². The lowest BCUT2D eigenvalue weighted by atomic mass is 10.2. The Morgan fingerprint density at radius 3 is 2.59 bits per heavy atom. The van der Waals surface area contributed by atoms with Gasteiger partial charge >= 0.3 is 0 Å². The fourth-order valence-electron chi connectivity index (χ4n) is 2.88. The van der Waals surface area contributed by atoms with Gasteiger partial charge in [0.25, 0.3) is 5.91 Å². The van der Waals surface area contributed by atoms with Gasteiger partial charge in [0.2, 0.25) is 0 Å². The fourth-order valence-corrected chi connectivity index (χ4v) is 2.88. The third-order valence-corrected chi connectivity index (χ3v) is 4.29. The lowest BCUT2D eigenvalue weighted by Crippen LogP contribution is -2.15. The van der Waals surface area contributed by atoms with Gasteiger partial charge in [-0.05, 0) is 36.8 Å². The zero-order chi connectivity index (χ0) is 20.1. The van der Waals surface area contributed by atoms with Crippen molar-refractivity contribution in [1.82, 2.24) is 9.97 Å². The highest BCUT2D eigenvalue weighted by molar-refractivity contribution is 6.03. The molecule has 0 atom stereocenters. The summed E-state index contributed by atoms with van der Waals surface area (Å²) in [4.78, 5) is 21.9. The minimum Gasteiger partial charge on any atom is -0.467 e. The molecule has 0 aliphatic rings. The summed E-state index contributed by atoms with van der Waals surface area (Å²) < 4.78 is 5.35. The summed E-state index contributed by atoms with van der Waals surface area (Å²) in [7, 11) is 0. The zero-order valence-electron chi connectivity index (χ0n) is 15.9. The van der Waals surface area contributed by atoms with E-state index in [1.807, 2.05) is 73.7 Å². The van der Waals surface area contributed by atoms with Gasteiger partial charge in [0.15, 0.2) is 5.82 Å². The molecule has 2 aromatic heterocycles. The van der Waals surface area contributed by atoms with E-state index in [1.54, 1.807) is 12.3 Å². The first-order chi connectivity index (χ1) is 14.2. The molecule has 2 N–H and O–H groups in total. The monoisotopic (exact) mass is 384 g/mol. The molecule has 0 radical (unpaired) electrons. The highest BCUT2D eigenvalue weighted by Gasteiger charge is 2.14. The summed E-state index contributed by atoms with van der Waals surface area (Å²) in [5.74, 6) is 1.50. The molecule has 0 unspecified atom stereocenters. The summed E-state index contributed by atoms with van der Waals surface area (Å²) >= 11 is 0. The van der Waals surface area contributed by atoms with Crippen LogP contribution < -0.4 is 10.6 Å². The predicted molar refractivity (Wildman–Crippen MR) is 113 cm³/mol. The Morgan fingerprint density at radius 1 is 0.966 bits per heavy atom. The van der Waals surface area contributed by atoms with Crippen LogP contribution >= 0.6 is 0 Å². The molecule has 6 nitrogen and oxygen atoms in total. The van der Waals surface area contributed by atoms with Gasteiger partial charge in [0.1, 0.15) is 17.3 Å². The first-order valence-electron chi connectivity index (χ1n) is 9.26. The van der Waals surface area contributed by atoms with Gasteiger partial charge in [0, 0.05) is 17.3 Å². The molecule has 4 aromatic rings. The van der Waals surface area contributed by atoms with Crippen molar-refractivity contribution < 1.29 is 9.21 Å². The highest BCUT2D eigenvalue weighted by atomic mass is 16.3. The summed E-state index contributed by atoms with van der Waals surface area (Å²) in [6.45, 7) is 2.43. The van der Waals surface area contributed by atoms with Gasteiger partial charge in [-0.25, -0.2) is 9.97 Å². The van der Waals surface area contributed by atoms with Crippen LogP contribution in [0.25, 0.3) is 11.4 Å². The van der Waals surface area contributed by atoms with Gasteiger partial charge in [-0.15, -0.1) is 0 Å². The number of anilines is 2. The largest absolute Gasteiger partial charge is 0.467 e. The number of nitrogens with one attached hydrogen (secondary N) is 2. The predicted octanol–water partition coefficient (Wildman–Crippen LogP) is 4.91. The average molecular weight is 384 g/mol. The normalized spacial score (nSPS) is 10.5. The van der Waals surface area contributed by atoms with E-state index >= 15 is 0 Å². The Hall–Kier alpha value is -3.93. The summed E-state index contributed by atoms with van der Waals surface area (Å²) in [6, 6.07) is 22.5. The number of nitrogens with zero attached hydrogens (tertiary/aromatic N) is 2. The first kappa shape index (κ1) is 18.4. The quantitative estimate of drug-likeness (QED) is 0.494. The Morgan fingerprint density at radius 2 is 1.83 bits per heavy atom. The number of aryl methyl sites for hydroxylation is 1. The number of benzene rings is 2. The van der Waals surface area contributed by atoms with Crippen LogP contribution in [0.5, 0.6) is 0 Å². The van der Waals surface area contributed by atoms with Gasteiger partial charge in [-0.1, -0.05) is 42.5 Å². The summed E-state index contributed by atoms with van der Waals surface area (Å²) in [5, 5.41) is 6.10. The molecular weight excluding hydrogens is 364 g/mol. The third-order valence-electron chi connectivity index (χ3n) is 4.29. The maximum atomic E-state index is 12.8. The van der Waals surface area contributed by atoms with Crippen LogP contribution in [0.4, 0.5) is 11.5 Å². The lowest BCUT2D eigenvalue weighted by Gasteiger charge is -2.10. The number of amides is 1. The minimum atomic E-state index is -0.295.